The van der Waals surface area contributed by atoms with Crippen molar-refractivity contribution in [3.8, 4) is 0 Å². The lowest BCUT2D eigenvalue weighted by Crippen LogP contribution is -3.00. The summed E-state index contributed by atoms with van der Waals surface area (Å²) >= 11 is 0. The van der Waals surface area contributed by atoms with Crippen LogP contribution in [0.2, 0.25) is 0 Å². The van der Waals surface area contributed by atoms with Gasteiger partial charge in [0.15, 0.2) is 6.20 Å². The number of aryl methyl sites for hydroxylation is 1. The van der Waals surface area contributed by atoms with Crippen molar-refractivity contribution in [2.45, 2.75) is 32.6 Å². The van der Waals surface area contributed by atoms with Crippen LogP contribution in [0.5, 0.6) is 0 Å². The Hall–Kier alpha value is -1.18. The van der Waals surface area contributed by atoms with Crippen LogP contribution in [0.15, 0.2) is 23.5 Å². The minimum atomic E-state index is -0.0929. The van der Waals surface area contributed by atoms with Crippen LogP contribution < -0.4 is 33.9 Å². The van der Waals surface area contributed by atoms with Gasteiger partial charge in [-0.3, -0.25) is 4.79 Å². The Morgan fingerprint density at radius 2 is 2.20 bits per heavy atom. The summed E-state index contributed by atoms with van der Waals surface area (Å²) in [5.41, 5.74) is 1.24. The second-order valence-corrected chi connectivity index (χ2v) is 4.51. The van der Waals surface area contributed by atoms with Crippen LogP contribution in [0.4, 0.5) is 0 Å². The molecule has 0 fully saturated rings. The quantitative estimate of drug-likeness (QED) is 0.151. The molecule has 0 spiro atoms. The molecule has 0 radical (unpaired) electrons. The van der Waals surface area contributed by atoms with E-state index in [4.69, 9.17) is 5.21 Å². The number of halogens is 1. The van der Waals surface area contributed by atoms with E-state index in [2.05, 4.69) is 17.4 Å². The highest BCUT2D eigenvalue weighted by molar-refractivity contribution is 5.95. The minimum Gasteiger partial charge on any atom is -1.00 e. The molecule has 1 rings (SSSR count). The van der Waals surface area contributed by atoms with Gasteiger partial charge in [0, 0.05) is 18.7 Å². The number of rotatable bonds is 7. The Morgan fingerprint density at radius 1 is 1.45 bits per heavy atom. The van der Waals surface area contributed by atoms with Crippen molar-refractivity contribution in [3.63, 3.8) is 0 Å². The molecule has 2 N–H and O–H groups in total. The molecular formula is C14H22IN3O2. The van der Waals surface area contributed by atoms with E-state index >= 15 is 0 Å². The lowest BCUT2D eigenvalue weighted by molar-refractivity contribution is -0.672. The van der Waals surface area contributed by atoms with Crippen LogP contribution in [-0.2, 0) is 7.05 Å². The molecule has 1 amide bonds. The number of unbranched alkanes of at least 4 members (excludes halogenated alkanes) is 3. The molecule has 1 aromatic heterocycles. The molecule has 0 saturated heterocycles. The van der Waals surface area contributed by atoms with Gasteiger partial charge in [-0.15, -0.1) is 0 Å². The largest absolute Gasteiger partial charge is 1.00 e. The normalized spacial score (nSPS) is 10.3. The van der Waals surface area contributed by atoms with Gasteiger partial charge < -0.3 is 34.5 Å². The SMILES string of the molecule is CCCCCCNC(=O)c1cc[n+](C)c(/C=N/O)c1.[I-]. The second kappa shape index (κ2) is 10.6. The van der Waals surface area contributed by atoms with Crippen molar-refractivity contribution in [2.75, 3.05) is 6.54 Å². The number of amides is 1. The minimum absolute atomic E-state index is 0. The van der Waals surface area contributed by atoms with Crippen molar-refractivity contribution < 1.29 is 38.5 Å². The third-order valence-electron chi connectivity index (χ3n) is 2.96. The molecule has 0 aliphatic carbocycles. The Bertz CT molecular complexity index is 450. The molecule has 0 bridgehead atoms. The number of carbonyl (C=O) groups is 1. The molecule has 20 heavy (non-hydrogen) atoms. The van der Waals surface area contributed by atoms with Gasteiger partial charge in [-0.05, 0) is 6.42 Å². The van der Waals surface area contributed by atoms with Crippen molar-refractivity contribution in [3.05, 3.63) is 29.6 Å². The van der Waals surface area contributed by atoms with Crippen LogP contribution >= 0.6 is 0 Å². The molecule has 0 aromatic carbocycles. The Labute approximate surface area is 137 Å². The predicted molar refractivity (Wildman–Crippen MR) is 73.5 cm³/mol. The van der Waals surface area contributed by atoms with E-state index < -0.39 is 0 Å². The molecule has 112 valence electrons. The summed E-state index contributed by atoms with van der Waals surface area (Å²) in [5, 5.41) is 14.4. The van der Waals surface area contributed by atoms with Crippen molar-refractivity contribution >= 4 is 12.1 Å². The van der Waals surface area contributed by atoms with E-state index in [1.54, 1.807) is 22.9 Å². The molecule has 1 aromatic rings. The van der Waals surface area contributed by atoms with Gasteiger partial charge in [-0.1, -0.05) is 31.3 Å². The number of nitrogens with one attached hydrogen (secondary N) is 1. The molecule has 0 saturated carbocycles. The van der Waals surface area contributed by atoms with Crippen molar-refractivity contribution in [2.24, 2.45) is 12.2 Å². The third-order valence-corrected chi connectivity index (χ3v) is 2.96. The van der Waals surface area contributed by atoms with E-state index in [1.165, 1.54) is 19.1 Å². The second-order valence-electron chi connectivity index (χ2n) is 4.51. The number of oxime groups is 1. The highest BCUT2D eigenvalue weighted by Gasteiger charge is 2.11. The van der Waals surface area contributed by atoms with Crippen molar-refractivity contribution in [1.29, 1.82) is 0 Å². The molecular weight excluding hydrogens is 369 g/mol. The van der Waals surface area contributed by atoms with Gasteiger partial charge in [0.25, 0.3) is 5.91 Å². The summed E-state index contributed by atoms with van der Waals surface area (Å²) in [7, 11) is 1.82. The average molecular weight is 391 g/mol. The topological polar surface area (TPSA) is 65.6 Å². The highest BCUT2D eigenvalue weighted by Crippen LogP contribution is 2.00. The summed E-state index contributed by atoms with van der Waals surface area (Å²) < 4.78 is 1.78. The number of nitrogens with zero attached hydrogens (tertiary/aromatic N) is 2. The van der Waals surface area contributed by atoms with Gasteiger partial charge in [-0.25, -0.2) is 4.57 Å². The Morgan fingerprint density at radius 3 is 2.85 bits per heavy atom. The smallest absolute Gasteiger partial charge is 0.251 e. The maximum atomic E-state index is 11.9. The van der Waals surface area contributed by atoms with E-state index in [1.807, 2.05) is 7.05 Å². The molecule has 0 unspecified atom stereocenters. The maximum Gasteiger partial charge on any atom is 0.251 e. The first-order valence-corrected chi connectivity index (χ1v) is 6.64. The van der Waals surface area contributed by atoms with Gasteiger partial charge in [-0.2, -0.15) is 0 Å². The number of aromatic nitrogens is 1. The summed E-state index contributed by atoms with van der Waals surface area (Å²) in [4.78, 5) is 11.9. The fourth-order valence-corrected chi connectivity index (χ4v) is 1.77. The predicted octanol–water partition coefficient (Wildman–Crippen LogP) is -1.37. The molecule has 0 aliphatic heterocycles. The van der Waals surface area contributed by atoms with E-state index in [0.717, 1.165) is 12.8 Å². The Kier molecular flexibility index (Phi) is 9.96. The fourth-order valence-electron chi connectivity index (χ4n) is 1.77. The standard InChI is InChI=1S/C14H21N3O2.HI/c1-3-4-5-6-8-15-14(18)12-7-9-17(2)13(10-12)11-16-19;/h7,9-11H,3-6,8H2,1-2H3,(H,15,18);1H. The number of hydrogen-bond acceptors (Lipinski definition) is 3. The lowest BCUT2D eigenvalue weighted by Gasteiger charge is -2.05. The molecule has 6 heteroatoms. The van der Waals surface area contributed by atoms with Crippen LogP contribution in [0.1, 0.15) is 48.7 Å². The number of pyridine rings is 1. The summed E-state index contributed by atoms with van der Waals surface area (Å²) in [6, 6.07) is 3.44. The Balaban J connectivity index is 0.00000361. The number of hydrogen-bond donors (Lipinski definition) is 2. The van der Waals surface area contributed by atoms with Crippen LogP contribution in [-0.4, -0.2) is 23.9 Å². The molecule has 1 heterocycles. The zero-order valence-electron chi connectivity index (χ0n) is 12.0. The summed E-state index contributed by atoms with van der Waals surface area (Å²) in [5.74, 6) is -0.0929. The van der Waals surface area contributed by atoms with Crippen LogP contribution in [0.25, 0.3) is 0 Å². The van der Waals surface area contributed by atoms with Crippen LogP contribution in [0, 0.1) is 0 Å². The first kappa shape index (κ1) is 18.8. The highest BCUT2D eigenvalue weighted by atomic mass is 127. The van der Waals surface area contributed by atoms with Gasteiger partial charge >= 0.3 is 0 Å². The van der Waals surface area contributed by atoms with E-state index in [-0.39, 0.29) is 29.9 Å². The van der Waals surface area contributed by atoms with E-state index in [0.29, 0.717) is 17.8 Å². The lowest BCUT2D eigenvalue weighted by atomic mass is 10.2. The van der Waals surface area contributed by atoms with Gasteiger partial charge in [0.2, 0.25) is 5.69 Å². The van der Waals surface area contributed by atoms with Gasteiger partial charge in [0.1, 0.15) is 13.3 Å². The first-order valence-electron chi connectivity index (χ1n) is 6.64. The third kappa shape index (κ3) is 6.31. The summed E-state index contributed by atoms with van der Waals surface area (Å²) in [6.07, 6.45) is 7.61. The van der Waals surface area contributed by atoms with Crippen LogP contribution in [0.3, 0.4) is 0 Å². The fraction of sp³-hybridized carbons (Fsp3) is 0.500. The van der Waals surface area contributed by atoms with E-state index in [9.17, 15) is 4.79 Å². The zero-order chi connectivity index (χ0) is 14.1. The molecule has 5 nitrogen and oxygen atoms in total. The molecule has 0 aliphatic rings. The maximum absolute atomic E-state index is 11.9. The average Bonchev–Trinajstić information content (AvgIpc) is 2.41. The molecule has 0 atom stereocenters. The van der Waals surface area contributed by atoms with Crippen molar-refractivity contribution in [1.82, 2.24) is 5.32 Å². The zero-order valence-corrected chi connectivity index (χ0v) is 14.1. The number of carbonyl (C=O) groups excluding carboxylic acids is 1. The summed E-state index contributed by atoms with van der Waals surface area (Å²) in [6.45, 7) is 2.86. The first-order chi connectivity index (χ1) is 9.19. The van der Waals surface area contributed by atoms with Gasteiger partial charge in [0.05, 0.1) is 5.56 Å². The monoisotopic (exact) mass is 391 g/mol.